The number of nitrogens with zero attached hydrogens (tertiary/aromatic N) is 2. The summed E-state index contributed by atoms with van der Waals surface area (Å²) >= 11 is 0. The van der Waals surface area contributed by atoms with E-state index < -0.39 is 11.7 Å². The van der Waals surface area contributed by atoms with Gasteiger partial charge in [-0.25, -0.2) is 4.39 Å². The molecule has 130 valence electrons. The van der Waals surface area contributed by atoms with Gasteiger partial charge in [0.1, 0.15) is 5.82 Å². The van der Waals surface area contributed by atoms with Crippen molar-refractivity contribution in [1.82, 2.24) is 14.8 Å². The number of aryl methyl sites for hydroxylation is 1. The first-order chi connectivity index (χ1) is 12.7. The number of fused-ring (bicyclic) bond motifs is 1. The third-order valence-corrected chi connectivity index (χ3v) is 4.31. The maximum Gasteiger partial charge on any atom is 0.256 e. The van der Waals surface area contributed by atoms with Crippen LogP contribution in [0.3, 0.4) is 0 Å². The average molecular weight is 348 g/mol. The number of amides is 1. The van der Waals surface area contributed by atoms with Crippen LogP contribution in [0.1, 0.15) is 17.3 Å². The molecule has 1 amide bonds. The number of benzene rings is 2. The summed E-state index contributed by atoms with van der Waals surface area (Å²) in [7, 11) is 0. The van der Waals surface area contributed by atoms with Crippen LogP contribution in [0.2, 0.25) is 0 Å². The smallest absolute Gasteiger partial charge is 0.256 e. The van der Waals surface area contributed by atoms with Crippen molar-refractivity contribution in [2.24, 2.45) is 0 Å². The summed E-state index contributed by atoms with van der Waals surface area (Å²) in [6.45, 7) is 2.89. The lowest BCUT2D eigenvalue weighted by Crippen LogP contribution is -2.12. The number of rotatable bonds is 4. The highest BCUT2D eigenvalue weighted by Gasteiger charge is 2.14. The number of hydrogen-bond acceptors (Lipinski definition) is 2. The quantitative estimate of drug-likeness (QED) is 0.573. The highest BCUT2D eigenvalue weighted by atomic mass is 19.1. The van der Waals surface area contributed by atoms with E-state index in [4.69, 9.17) is 0 Å². The van der Waals surface area contributed by atoms with Gasteiger partial charge in [0.15, 0.2) is 5.82 Å². The monoisotopic (exact) mass is 348 g/mol. The lowest BCUT2D eigenvalue weighted by molar-refractivity contribution is 0.102. The summed E-state index contributed by atoms with van der Waals surface area (Å²) in [6.07, 6.45) is 0. The number of nitrogens with one attached hydrogen (secondary N) is 2. The van der Waals surface area contributed by atoms with Gasteiger partial charge < -0.3 is 9.88 Å². The lowest BCUT2D eigenvalue weighted by atomic mass is 10.2. The Labute approximate surface area is 149 Å². The maximum atomic E-state index is 13.3. The van der Waals surface area contributed by atoms with Gasteiger partial charge in [-0.05, 0) is 37.3 Å². The molecule has 0 spiro atoms. The van der Waals surface area contributed by atoms with Crippen molar-refractivity contribution in [3.05, 3.63) is 72.0 Å². The number of anilines is 1. The second-order valence-corrected chi connectivity index (χ2v) is 5.96. The molecule has 6 heteroatoms. The predicted octanol–water partition coefficient (Wildman–Crippen LogP) is 4.44. The molecule has 2 aromatic heterocycles. The van der Waals surface area contributed by atoms with E-state index in [9.17, 15) is 9.18 Å². The summed E-state index contributed by atoms with van der Waals surface area (Å²) in [5, 5.41) is 11.0. The molecule has 0 aliphatic carbocycles. The van der Waals surface area contributed by atoms with E-state index in [0.29, 0.717) is 5.82 Å². The van der Waals surface area contributed by atoms with Gasteiger partial charge in [0, 0.05) is 29.1 Å². The Morgan fingerprint density at radius 3 is 2.81 bits per heavy atom. The van der Waals surface area contributed by atoms with Crippen molar-refractivity contribution in [3.8, 4) is 11.4 Å². The number of carbonyl (C=O) groups excluding carboxylic acids is 1. The molecule has 26 heavy (non-hydrogen) atoms. The number of aromatic nitrogens is 3. The van der Waals surface area contributed by atoms with Gasteiger partial charge in [0.2, 0.25) is 0 Å². The Morgan fingerprint density at radius 2 is 2.00 bits per heavy atom. The van der Waals surface area contributed by atoms with Crippen molar-refractivity contribution >= 4 is 22.6 Å². The number of halogens is 1. The largest absolute Gasteiger partial charge is 0.340 e. The van der Waals surface area contributed by atoms with Crippen LogP contribution in [0.5, 0.6) is 0 Å². The molecule has 2 N–H and O–H groups in total. The molecule has 0 saturated carbocycles. The minimum Gasteiger partial charge on any atom is -0.340 e. The van der Waals surface area contributed by atoms with Crippen LogP contribution in [0, 0.1) is 5.82 Å². The summed E-state index contributed by atoms with van der Waals surface area (Å²) in [6, 6.07) is 17.6. The Bertz CT molecular complexity index is 1100. The first kappa shape index (κ1) is 16.1. The van der Waals surface area contributed by atoms with Crippen LogP contribution >= 0.6 is 0 Å². The first-order valence-corrected chi connectivity index (χ1v) is 8.36. The second-order valence-electron chi connectivity index (χ2n) is 5.96. The summed E-state index contributed by atoms with van der Waals surface area (Å²) < 4.78 is 15.5. The molecule has 2 aromatic carbocycles. The Morgan fingerprint density at radius 1 is 1.15 bits per heavy atom. The molecular formula is C20H17FN4O. The summed E-state index contributed by atoms with van der Waals surface area (Å²) in [4.78, 5) is 12.2. The highest BCUT2D eigenvalue weighted by Crippen LogP contribution is 2.28. The van der Waals surface area contributed by atoms with E-state index in [1.54, 1.807) is 12.1 Å². The number of hydrogen-bond donors (Lipinski definition) is 2. The van der Waals surface area contributed by atoms with Gasteiger partial charge in [-0.15, -0.1) is 0 Å². The molecule has 0 bridgehead atoms. The zero-order chi connectivity index (χ0) is 18.1. The van der Waals surface area contributed by atoms with Crippen LogP contribution in [0.15, 0.2) is 60.7 Å². The molecule has 0 aliphatic rings. The Hall–Kier alpha value is -3.41. The molecule has 4 aromatic rings. The molecule has 4 rings (SSSR count). The number of aromatic amines is 1. The molecule has 0 unspecified atom stereocenters. The molecular weight excluding hydrogens is 331 g/mol. The van der Waals surface area contributed by atoms with Gasteiger partial charge in [-0.1, -0.05) is 24.3 Å². The average Bonchev–Trinajstić information content (AvgIpc) is 3.25. The van der Waals surface area contributed by atoms with Crippen LogP contribution in [0.25, 0.3) is 22.3 Å². The number of H-pyrrole nitrogens is 1. The predicted molar refractivity (Wildman–Crippen MR) is 99.5 cm³/mol. The third kappa shape index (κ3) is 2.86. The maximum absolute atomic E-state index is 13.3. The van der Waals surface area contributed by atoms with E-state index in [1.807, 2.05) is 12.1 Å². The van der Waals surface area contributed by atoms with Crippen LogP contribution in [-0.4, -0.2) is 20.7 Å². The fourth-order valence-corrected chi connectivity index (χ4v) is 3.11. The van der Waals surface area contributed by atoms with Crippen molar-refractivity contribution in [1.29, 1.82) is 0 Å². The highest BCUT2D eigenvalue weighted by molar-refractivity contribution is 6.04. The van der Waals surface area contributed by atoms with Gasteiger partial charge in [-0.2, -0.15) is 5.10 Å². The summed E-state index contributed by atoms with van der Waals surface area (Å²) in [5.74, 6) is -0.464. The normalized spacial score (nSPS) is 11.0. The van der Waals surface area contributed by atoms with Crippen molar-refractivity contribution < 1.29 is 9.18 Å². The van der Waals surface area contributed by atoms with E-state index >= 15 is 0 Å². The minimum atomic E-state index is -0.451. The third-order valence-electron chi connectivity index (χ3n) is 4.31. The lowest BCUT2D eigenvalue weighted by Gasteiger charge is -2.05. The fraction of sp³-hybridized carbons (Fsp3) is 0.100. The van der Waals surface area contributed by atoms with Crippen molar-refractivity contribution in [2.75, 3.05) is 5.32 Å². The van der Waals surface area contributed by atoms with Gasteiger partial charge >= 0.3 is 0 Å². The number of carbonyl (C=O) groups is 1. The van der Waals surface area contributed by atoms with Crippen LogP contribution < -0.4 is 5.32 Å². The van der Waals surface area contributed by atoms with E-state index in [0.717, 1.165) is 28.8 Å². The molecule has 0 aliphatic heterocycles. The molecule has 0 radical (unpaired) electrons. The van der Waals surface area contributed by atoms with E-state index in [-0.39, 0.29) is 5.56 Å². The van der Waals surface area contributed by atoms with Gasteiger partial charge in [-0.3, -0.25) is 9.89 Å². The van der Waals surface area contributed by atoms with Crippen molar-refractivity contribution in [3.63, 3.8) is 0 Å². The molecule has 2 heterocycles. The van der Waals surface area contributed by atoms with Gasteiger partial charge in [0.25, 0.3) is 5.91 Å². The van der Waals surface area contributed by atoms with E-state index in [2.05, 4.69) is 45.2 Å². The zero-order valence-corrected chi connectivity index (χ0v) is 14.2. The second kappa shape index (κ2) is 6.48. The summed E-state index contributed by atoms with van der Waals surface area (Å²) in [5.41, 5.74) is 3.19. The van der Waals surface area contributed by atoms with E-state index in [1.165, 1.54) is 18.2 Å². The van der Waals surface area contributed by atoms with Crippen LogP contribution in [0.4, 0.5) is 10.2 Å². The molecule has 0 atom stereocenters. The SMILES string of the molecule is CCn1c(-c2cc(NC(=O)c3cccc(F)c3)n[nH]2)cc2ccccc21. The van der Waals surface area contributed by atoms with Crippen molar-refractivity contribution in [2.45, 2.75) is 13.5 Å². The Kier molecular flexibility index (Phi) is 4.01. The van der Waals surface area contributed by atoms with Crippen LogP contribution in [-0.2, 0) is 6.54 Å². The Balaban J connectivity index is 1.63. The molecule has 0 saturated heterocycles. The fourth-order valence-electron chi connectivity index (χ4n) is 3.11. The zero-order valence-electron chi connectivity index (χ0n) is 14.2. The first-order valence-electron chi connectivity index (χ1n) is 8.36. The topological polar surface area (TPSA) is 62.7 Å². The standard InChI is InChI=1S/C20H17FN4O/c1-2-25-17-9-4-3-6-13(17)11-18(25)16-12-19(24-23-16)22-20(26)14-7-5-8-15(21)10-14/h3-12H,2H2,1H3,(H2,22,23,24,26). The molecule has 0 fully saturated rings. The van der Waals surface area contributed by atoms with Gasteiger partial charge in [0.05, 0.1) is 11.4 Å². The minimum absolute atomic E-state index is 0.247. The number of para-hydroxylation sites is 1. The molecule has 5 nitrogen and oxygen atoms in total.